The van der Waals surface area contributed by atoms with Crippen LogP contribution < -0.4 is 0 Å². The summed E-state index contributed by atoms with van der Waals surface area (Å²) in [6.45, 7) is 9.05. The second-order valence-electron chi connectivity index (χ2n) is 7.12. The third-order valence-corrected chi connectivity index (χ3v) is 5.90. The Kier molecular flexibility index (Phi) is 7.50. The molecule has 0 aliphatic rings. The number of hydrogen-bond acceptors (Lipinski definition) is 0. The molecule has 0 saturated heterocycles. The fourth-order valence-electron chi connectivity index (χ4n) is 3.63. The summed E-state index contributed by atoms with van der Waals surface area (Å²) in [5, 5.41) is 0. The molecule has 1 atom stereocenters. The van der Waals surface area contributed by atoms with Crippen molar-refractivity contribution in [2.45, 2.75) is 65.7 Å². The Morgan fingerprint density at radius 1 is 0.708 bits per heavy atom. The van der Waals surface area contributed by atoms with Crippen molar-refractivity contribution in [2.75, 3.05) is 6.16 Å². The first-order valence-electron chi connectivity index (χ1n) is 9.38. The highest BCUT2D eigenvalue weighted by Crippen LogP contribution is 2.35. The molecular formula is C23H33P. The summed E-state index contributed by atoms with van der Waals surface area (Å²) in [5.41, 5.74) is 8.79. The van der Waals surface area contributed by atoms with Gasteiger partial charge in [0.2, 0.25) is 0 Å². The molecule has 0 heterocycles. The minimum Gasteiger partial charge on any atom is -0.138 e. The summed E-state index contributed by atoms with van der Waals surface area (Å²) in [7, 11) is 2.84. The lowest BCUT2D eigenvalue weighted by Crippen LogP contribution is -2.07. The van der Waals surface area contributed by atoms with E-state index in [2.05, 4.69) is 73.3 Å². The molecule has 2 rings (SSSR count). The van der Waals surface area contributed by atoms with Crippen LogP contribution in [0, 0.1) is 27.7 Å². The Labute approximate surface area is 151 Å². The number of aryl methyl sites for hydroxylation is 2. The van der Waals surface area contributed by atoms with Crippen LogP contribution >= 0.6 is 9.24 Å². The van der Waals surface area contributed by atoms with E-state index in [1.807, 2.05) is 0 Å². The Hall–Kier alpha value is -1.13. The van der Waals surface area contributed by atoms with E-state index in [9.17, 15) is 0 Å². The summed E-state index contributed by atoms with van der Waals surface area (Å²) in [5.74, 6) is 0.529. The van der Waals surface area contributed by atoms with E-state index in [1.54, 1.807) is 0 Å². The molecule has 1 unspecified atom stereocenters. The lowest BCUT2D eigenvalue weighted by molar-refractivity contribution is 0.595. The van der Waals surface area contributed by atoms with Crippen LogP contribution in [0.15, 0.2) is 36.4 Å². The van der Waals surface area contributed by atoms with E-state index in [-0.39, 0.29) is 0 Å². The van der Waals surface area contributed by atoms with E-state index < -0.39 is 0 Å². The van der Waals surface area contributed by atoms with Gasteiger partial charge < -0.3 is 0 Å². The van der Waals surface area contributed by atoms with E-state index in [0.717, 1.165) is 0 Å². The molecule has 130 valence electrons. The van der Waals surface area contributed by atoms with E-state index >= 15 is 0 Å². The van der Waals surface area contributed by atoms with Gasteiger partial charge in [-0.3, -0.25) is 0 Å². The van der Waals surface area contributed by atoms with Gasteiger partial charge in [-0.05, 0) is 80.1 Å². The summed E-state index contributed by atoms with van der Waals surface area (Å²) >= 11 is 0. The van der Waals surface area contributed by atoms with Gasteiger partial charge in [0.05, 0.1) is 0 Å². The molecule has 0 radical (unpaired) electrons. The van der Waals surface area contributed by atoms with Crippen molar-refractivity contribution < 1.29 is 0 Å². The first kappa shape index (κ1) is 19.2. The van der Waals surface area contributed by atoms with Crippen molar-refractivity contribution in [2.24, 2.45) is 0 Å². The minimum absolute atomic E-state index is 0.529. The van der Waals surface area contributed by atoms with Crippen LogP contribution in [-0.4, -0.2) is 6.16 Å². The van der Waals surface area contributed by atoms with Crippen LogP contribution in [0.2, 0.25) is 0 Å². The zero-order valence-corrected chi connectivity index (χ0v) is 17.0. The molecule has 0 spiro atoms. The van der Waals surface area contributed by atoms with Crippen molar-refractivity contribution in [3.05, 3.63) is 69.8 Å². The third kappa shape index (κ3) is 4.70. The molecule has 0 saturated carbocycles. The van der Waals surface area contributed by atoms with Crippen LogP contribution in [-0.2, 0) is 0 Å². The number of hydrogen-bond donors (Lipinski definition) is 0. The average Bonchev–Trinajstić information content (AvgIpc) is 2.57. The molecule has 2 aromatic carbocycles. The molecule has 0 bridgehead atoms. The van der Waals surface area contributed by atoms with Crippen LogP contribution in [0.25, 0.3) is 0 Å². The van der Waals surface area contributed by atoms with E-state index in [4.69, 9.17) is 0 Å². The molecule has 24 heavy (non-hydrogen) atoms. The van der Waals surface area contributed by atoms with E-state index in [0.29, 0.717) is 5.92 Å². The maximum absolute atomic E-state index is 2.84. The molecule has 0 aromatic heterocycles. The van der Waals surface area contributed by atoms with Crippen molar-refractivity contribution >= 4 is 9.24 Å². The highest BCUT2D eigenvalue weighted by Gasteiger charge is 2.19. The van der Waals surface area contributed by atoms with Crippen LogP contribution in [0.3, 0.4) is 0 Å². The standard InChI is InChI=1S/C23H33P/c1-17-11-9-14-21(19(17)3)23(13-7-5-6-8-16-24)22-15-10-12-18(2)20(22)4/h9-12,14-15,23H,5-8,13,16,24H2,1-4H3. The Morgan fingerprint density at radius 3 is 1.71 bits per heavy atom. The van der Waals surface area contributed by atoms with Crippen LogP contribution in [0.4, 0.5) is 0 Å². The van der Waals surface area contributed by atoms with Gasteiger partial charge in [-0.25, -0.2) is 0 Å². The monoisotopic (exact) mass is 340 g/mol. The van der Waals surface area contributed by atoms with Gasteiger partial charge in [-0.2, -0.15) is 0 Å². The van der Waals surface area contributed by atoms with Gasteiger partial charge in [0, 0.05) is 5.92 Å². The summed E-state index contributed by atoms with van der Waals surface area (Å²) in [6.07, 6.45) is 7.84. The number of benzene rings is 2. The molecule has 0 aliphatic heterocycles. The first-order valence-corrected chi connectivity index (χ1v) is 10.2. The van der Waals surface area contributed by atoms with Gasteiger partial charge >= 0.3 is 0 Å². The molecule has 0 nitrogen and oxygen atoms in total. The normalized spacial score (nSPS) is 11.2. The Bertz CT molecular complexity index is 606. The predicted molar refractivity (Wildman–Crippen MR) is 111 cm³/mol. The lowest BCUT2D eigenvalue weighted by atomic mass is 9.81. The summed E-state index contributed by atoms with van der Waals surface area (Å²) in [6, 6.07) is 13.6. The van der Waals surface area contributed by atoms with E-state index in [1.165, 1.54) is 71.6 Å². The highest BCUT2D eigenvalue weighted by atomic mass is 31.0. The fourth-order valence-corrected chi connectivity index (χ4v) is 3.92. The third-order valence-electron chi connectivity index (χ3n) is 5.49. The van der Waals surface area contributed by atoms with Gasteiger partial charge in [0.25, 0.3) is 0 Å². The van der Waals surface area contributed by atoms with Crippen LogP contribution in [0.1, 0.15) is 71.4 Å². The second-order valence-corrected chi connectivity index (χ2v) is 7.70. The molecule has 2 aromatic rings. The smallest absolute Gasteiger partial charge is 0.00947 e. The predicted octanol–water partition coefficient (Wildman–Crippen LogP) is 6.88. The molecule has 0 N–H and O–H groups in total. The van der Waals surface area contributed by atoms with Crippen molar-refractivity contribution in [1.82, 2.24) is 0 Å². The first-order chi connectivity index (χ1) is 11.6. The zero-order valence-electron chi connectivity index (χ0n) is 15.9. The maximum Gasteiger partial charge on any atom is 0.00947 e. The summed E-state index contributed by atoms with van der Waals surface area (Å²) < 4.78 is 0. The Balaban J connectivity index is 2.31. The van der Waals surface area contributed by atoms with Crippen molar-refractivity contribution in [3.63, 3.8) is 0 Å². The van der Waals surface area contributed by atoms with Crippen LogP contribution in [0.5, 0.6) is 0 Å². The minimum atomic E-state index is 0.529. The van der Waals surface area contributed by atoms with Gasteiger partial charge in [-0.15, -0.1) is 9.24 Å². The lowest BCUT2D eigenvalue weighted by Gasteiger charge is -2.24. The fraction of sp³-hybridized carbons (Fsp3) is 0.478. The maximum atomic E-state index is 2.84. The van der Waals surface area contributed by atoms with Gasteiger partial charge in [0.1, 0.15) is 0 Å². The second kappa shape index (κ2) is 9.38. The zero-order chi connectivity index (χ0) is 17.5. The molecule has 1 heteroatoms. The SMILES string of the molecule is Cc1cccc(C(CCCCCCP)c2cccc(C)c2C)c1C. The quantitative estimate of drug-likeness (QED) is 0.363. The number of rotatable bonds is 8. The average molecular weight is 340 g/mol. The molecular weight excluding hydrogens is 307 g/mol. The molecule has 0 amide bonds. The molecule has 0 aliphatic carbocycles. The molecule has 0 fully saturated rings. The van der Waals surface area contributed by atoms with Gasteiger partial charge in [-0.1, -0.05) is 55.7 Å². The van der Waals surface area contributed by atoms with Gasteiger partial charge in [0.15, 0.2) is 0 Å². The summed E-state index contributed by atoms with van der Waals surface area (Å²) in [4.78, 5) is 0. The number of unbranched alkanes of at least 4 members (excludes halogenated alkanes) is 3. The highest BCUT2D eigenvalue weighted by molar-refractivity contribution is 7.16. The Morgan fingerprint density at radius 2 is 1.21 bits per heavy atom. The van der Waals surface area contributed by atoms with Crippen molar-refractivity contribution in [1.29, 1.82) is 0 Å². The van der Waals surface area contributed by atoms with Crippen molar-refractivity contribution in [3.8, 4) is 0 Å². The topological polar surface area (TPSA) is 0 Å². The largest absolute Gasteiger partial charge is 0.138 e.